The van der Waals surface area contributed by atoms with E-state index >= 15 is 0 Å². The minimum absolute atomic E-state index is 0.00248. The number of nitrogens with one attached hydrogen (secondary N) is 1. The monoisotopic (exact) mass is 1180 g/mol. The first-order chi connectivity index (χ1) is 41.2. The Hall–Kier alpha value is -8.68. The van der Waals surface area contributed by atoms with Crippen molar-refractivity contribution in [2.45, 2.75) is 96.0 Å². The third-order valence-electron chi connectivity index (χ3n) is 13.8. The Morgan fingerprint density at radius 2 is 1.39 bits per heavy atom. The number of esters is 1. The SMILES string of the molecule is CC[C@H](C(=O)N1CCCC[C@H]1C(=O)O[C@H](CCc1ccc(OC)c(OC)c1)c1cccc(OCC(=O)NCC(OCCOCCOCCC(=O)ON2C(=O)CCC2=O)Oc2ccc(-c3nnc(C)nn3)cc2)c1)c1cc(OC)c(OC)c(OC)c1. The van der Waals surface area contributed by atoms with E-state index in [1.54, 1.807) is 80.6 Å². The highest BCUT2D eigenvalue weighted by Gasteiger charge is 2.38. The van der Waals surface area contributed by atoms with Crippen LogP contribution in [-0.4, -0.2) is 167 Å². The van der Waals surface area contributed by atoms with E-state index in [0.29, 0.717) is 119 Å². The molecule has 2 fully saturated rings. The topological polar surface area (TPSA) is 283 Å². The fraction of sp³-hybridized carbons (Fsp3) is 0.467. The number of benzene rings is 4. The average molecular weight is 1180 g/mol. The number of carbonyl (C=O) groups is 6. The van der Waals surface area contributed by atoms with Crippen molar-refractivity contribution in [1.82, 2.24) is 35.7 Å². The molecule has 1 aromatic heterocycles. The summed E-state index contributed by atoms with van der Waals surface area (Å²) in [5.74, 6) is 0.00590. The van der Waals surface area contributed by atoms with Crippen LogP contribution in [0.2, 0.25) is 0 Å². The second kappa shape index (κ2) is 32.4. The second-order valence-electron chi connectivity index (χ2n) is 19.5. The van der Waals surface area contributed by atoms with Crippen molar-refractivity contribution < 1.29 is 85.7 Å². The van der Waals surface area contributed by atoms with Crippen LogP contribution < -0.4 is 38.5 Å². The molecular weight excluding hydrogens is 1110 g/mol. The number of aromatic nitrogens is 4. The summed E-state index contributed by atoms with van der Waals surface area (Å²) in [6.45, 7) is 3.85. The van der Waals surface area contributed by atoms with E-state index in [4.69, 9.17) is 56.9 Å². The molecule has 4 aromatic carbocycles. The lowest BCUT2D eigenvalue weighted by Crippen LogP contribution is -2.50. The van der Waals surface area contributed by atoms with Crippen LogP contribution in [0.15, 0.2) is 78.9 Å². The van der Waals surface area contributed by atoms with Gasteiger partial charge in [0.25, 0.3) is 17.7 Å². The Morgan fingerprint density at radius 3 is 2.06 bits per heavy atom. The molecule has 5 aromatic rings. The van der Waals surface area contributed by atoms with Crippen molar-refractivity contribution in [2.75, 3.05) is 88.3 Å². The number of hydrogen-bond donors (Lipinski definition) is 1. The van der Waals surface area contributed by atoms with Gasteiger partial charge in [-0.25, -0.2) is 9.59 Å². The smallest absolute Gasteiger partial charge is 0.335 e. The third kappa shape index (κ3) is 18.2. The maximum absolute atomic E-state index is 14.6. The fourth-order valence-electron chi connectivity index (χ4n) is 9.43. The summed E-state index contributed by atoms with van der Waals surface area (Å²) in [7, 11) is 7.66. The van der Waals surface area contributed by atoms with Crippen molar-refractivity contribution in [3.63, 3.8) is 0 Å². The lowest BCUT2D eigenvalue weighted by Gasteiger charge is -2.37. The number of amides is 4. The summed E-state index contributed by atoms with van der Waals surface area (Å²) in [4.78, 5) is 84.7. The molecule has 4 amide bonds. The lowest BCUT2D eigenvalue weighted by molar-refractivity contribution is -0.198. The largest absolute Gasteiger partial charge is 0.493 e. The number of hydroxylamine groups is 2. The number of ether oxygens (including phenoxy) is 11. The summed E-state index contributed by atoms with van der Waals surface area (Å²) < 4.78 is 63.5. The zero-order chi connectivity index (χ0) is 60.7. The van der Waals surface area contributed by atoms with E-state index < -0.39 is 60.6 Å². The molecule has 2 aliphatic rings. The molecule has 0 saturated carbocycles. The Balaban J connectivity index is 0.985. The number of likely N-dealkylation sites (tertiary alicyclic amines) is 1. The Labute approximate surface area is 492 Å². The number of imide groups is 1. The lowest BCUT2D eigenvalue weighted by atomic mass is 9.91. The minimum Gasteiger partial charge on any atom is -0.493 e. The Bertz CT molecular complexity index is 3000. The summed E-state index contributed by atoms with van der Waals surface area (Å²) in [5, 5.41) is 19.4. The van der Waals surface area contributed by atoms with Gasteiger partial charge in [-0.15, -0.1) is 25.5 Å². The van der Waals surface area contributed by atoms with E-state index in [9.17, 15) is 28.8 Å². The molecular formula is C60H73N7O18. The second-order valence-corrected chi connectivity index (χ2v) is 19.5. The number of nitrogens with zero attached hydrogens (tertiary/aromatic N) is 6. The fourth-order valence-corrected chi connectivity index (χ4v) is 9.43. The first kappa shape index (κ1) is 63.9. The summed E-state index contributed by atoms with van der Waals surface area (Å²) >= 11 is 0. The molecule has 25 heteroatoms. The van der Waals surface area contributed by atoms with Gasteiger partial charge < -0.3 is 67.2 Å². The van der Waals surface area contributed by atoms with Crippen LogP contribution in [0.25, 0.3) is 11.4 Å². The molecule has 0 radical (unpaired) electrons. The molecule has 0 aliphatic carbocycles. The Kier molecular flexibility index (Phi) is 24.4. The Morgan fingerprint density at radius 1 is 0.706 bits per heavy atom. The number of methoxy groups -OCH3 is 5. The van der Waals surface area contributed by atoms with Crippen LogP contribution in [-0.2, 0) is 59.0 Å². The van der Waals surface area contributed by atoms with Gasteiger partial charge in [0.15, 0.2) is 35.4 Å². The third-order valence-corrected chi connectivity index (χ3v) is 13.8. The van der Waals surface area contributed by atoms with E-state index in [1.165, 1.54) is 21.3 Å². The first-order valence-corrected chi connectivity index (χ1v) is 27.9. The predicted octanol–water partition coefficient (Wildman–Crippen LogP) is 6.02. The van der Waals surface area contributed by atoms with Crippen molar-refractivity contribution in [2.24, 2.45) is 0 Å². The van der Waals surface area contributed by atoms with Gasteiger partial charge in [0.1, 0.15) is 23.6 Å². The van der Waals surface area contributed by atoms with Crippen molar-refractivity contribution in [3.8, 4) is 51.6 Å². The van der Waals surface area contributed by atoms with Gasteiger partial charge in [0.05, 0.1) is 87.5 Å². The molecule has 1 N–H and O–H groups in total. The molecule has 4 atom stereocenters. The molecule has 7 rings (SSSR count). The van der Waals surface area contributed by atoms with Gasteiger partial charge in [-0.3, -0.25) is 19.2 Å². The standard InChI is InChI=1S/C60H73N7O18/c1-8-45(42-34-50(76-5)57(78-7)51(35-42)77-6)59(72)66-26-10-9-14-46(66)60(73)84-47(21-15-39-16-22-48(74-3)49(32-39)75-4)41-12-11-13-44(33-41)82-37-52(68)61-36-56(83-43-19-17-40(18-20-43)58-64-62-38(2)63-65-58)81-31-30-80-29-28-79-27-25-55(71)85-67-53(69)23-24-54(67)70/h11-13,16-20,22,32-35,45-47,56H,8-10,14-15,21,23-31,36-37H2,1-7H3,(H,61,68)/t45-,46-,47+,56?/m0/s1. The van der Waals surface area contributed by atoms with Crippen molar-refractivity contribution >= 4 is 35.6 Å². The first-order valence-electron chi connectivity index (χ1n) is 27.9. The molecule has 1 unspecified atom stereocenters. The van der Waals surface area contributed by atoms with Gasteiger partial charge in [0, 0.05) is 24.9 Å². The molecule has 0 bridgehead atoms. The zero-order valence-corrected chi connectivity index (χ0v) is 48.9. The van der Waals surface area contributed by atoms with Gasteiger partial charge >= 0.3 is 11.9 Å². The van der Waals surface area contributed by atoms with Crippen LogP contribution in [0.1, 0.15) is 92.8 Å². The molecule has 2 saturated heterocycles. The summed E-state index contributed by atoms with van der Waals surface area (Å²) in [5.41, 5.74) is 2.80. The van der Waals surface area contributed by atoms with Crippen LogP contribution in [0, 0.1) is 6.92 Å². The quantitative estimate of drug-likeness (QED) is 0.0217. The van der Waals surface area contributed by atoms with E-state index in [2.05, 4.69) is 25.7 Å². The maximum Gasteiger partial charge on any atom is 0.335 e. The van der Waals surface area contributed by atoms with Crippen molar-refractivity contribution in [3.05, 3.63) is 101 Å². The summed E-state index contributed by atoms with van der Waals surface area (Å²) in [6, 6.07) is 22.0. The molecule has 3 heterocycles. The van der Waals surface area contributed by atoms with Gasteiger partial charge in [-0.05, 0) is 123 Å². The number of piperidine rings is 1. The number of carbonyl (C=O) groups excluding carboxylic acids is 6. The molecule has 456 valence electrons. The highest BCUT2D eigenvalue weighted by molar-refractivity contribution is 6.01. The van der Waals surface area contributed by atoms with Crippen molar-refractivity contribution in [1.29, 1.82) is 0 Å². The minimum atomic E-state index is -1.00. The zero-order valence-electron chi connectivity index (χ0n) is 48.9. The molecule has 25 nitrogen and oxygen atoms in total. The summed E-state index contributed by atoms with van der Waals surface area (Å²) in [6.07, 6.45) is 1.05. The number of aryl methyl sites for hydroxylation is 2. The molecule has 85 heavy (non-hydrogen) atoms. The molecule has 0 spiro atoms. The predicted molar refractivity (Wildman–Crippen MR) is 302 cm³/mol. The highest BCUT2D eigenvalue weighted by atomic mass is 16.7. The van der Waals surface area contributed by atoms with Crippen LogP contribution >= 0.6 is 0 Å². The number of hydrogen-bond acceptors (Lipinski definition) is 22. The molecule has 2 aliphatic heterocycles. The van der Waals surface area contributed by atoms with Gasteiger partial charge in [0.2, 0.25) is 23.8 Å². The highest BCUT2D eigenvalue weighted by Crippen LogP contribution is 2.42. The van der Waals surface area contributed by atoms with E-state index in [0.717, 1.165) is 5.56 Å². The van der Waals surface area contributed by atoms with E-state index in [-0.39, 0.29) is 64.7 Å². The maximum atomic E-state index is 14.6. The number of rotatable bonds is 33. The van der Waals surface area contributed by atoms with E-state index in [1.807, 2.05) is 31.2 Å². The normalized spacial score (nSPS) is 15.1. The van der Waals surface area contributed by atoms with Crippen LogP contribution in [0.3, 0.4) is 0 Å². The van der Waals surface area contributed by atoms with Crippen LogP contribution in [0.4, 0.5) is 0 Å². The van der Waals surface area contributed by atoms with Gasteiger partial charge in [-0.2, -0.15) is 0 Å². The average Bonchev–Trinajstić information content (AvgIpc) is 3.29. The van der Waals surface area contributed by atoms with Gasteiger partial charge in [-0.1, -0.05) is 25.1 Å². The van der Waals surface area contributed by atoms with Crippen LogP contribution in [0.5, 0.6) is 40.2 Å².